The van der Waals surface area contributed by atoms with Crippen LogP contribution in [0.2, 0.25) is 0 Å². The van der Waals surface area contributed by atoms with E-state index in [4.69, 9.17) is 0 Å². The summed E-state index contributed by atoms with van der Waals surface area (Å²) in [5.74, 6) is 1.52. The third-order valence-electron chi connectivity index (χ3n) is 4.76. The van der Waals surface area contributed by atoms with Gasteiger partial charge in [0, 0.05) is 38.8 Å². The summed E-state index contributed by atoms with van der Waals surface area (Å²) in [4.78, 5) is 17.0. The van der Waals surface area contributed by atoms with Crippen molar-refractivity contribution in [1.82, 2.24) is 10.2 Å². The Morgan fingerprint density at radius 1 is 1.19 bits per heavy atom. The molecule has 0 radical (unpaired) electrons. The molecule has 0 aliphatic carbocycles. The summed E-state index contributed by atoms with van der Waals surface area (Å²) in [6, 6.07) is 17.2. The number of nitrogens with zero attached hydrogens (tertiary/aromatic N) is 3. The van der Waals surface area contributed by atoms with Crippen molar-refractivity contribution in [2.75, 3.05) is 20.1 Å². The fourth-order valence-corrected chi connectivity index (χ4v) is 3.39. The summed E-state index contributed by atoms with van der Waals surface area (Å²) < 4.78 is 0. The number of aliphatic imine (C=N–C) groups is 1. The van der Waals surface area contributed by atoms with Crippen LogP contribution in [0.1, 0.15) is 17.5 Å². The Morgan fingerprint density at radius 2 is 1.89 bits per heavy atom. The molecule has 7 heteroatoms. The molecular formula is C20H25IN4O2. The van der Waals surface area contributed by atoms with Crippen molar-refractivity contribution in [3.05, 3.63) is 75.8 Å². The summed E-state index contributed by atoms with van der Waals surface area (Å²) in [6.45, 7) is 2.59. The van der Waals surface area contributed by atoms with Gasteiger partial charge in [0.05, 0.1) is 4.92 Å². The van der Waals surface area contributed by atoms with E-state index in [0.29, 0.717) is 12.5 Å². The molecule has 1 saturated heterocycles. The van der Waals surface area contributed by atoms with Gasteiger partial charge in [0.25, 0.3) is 5.69 Å². The molecule has 0 amide bonds. The van der Waals surface area contributed by atoms with Gasteiger partial charge < -0.3 is 10.2 Å². The zero-order chi connectivity index (χ0) is 18.4. The lowest BCUT2D eigenvalue weighted by Gasteiger charge is -2.22. The highest BCUT2D eigenvalue weighted by Gasteiger charge is 2.24. The molecule has 1 fully saturated rings. The lowest BCUT2D eigenvalue weighted by Crippen LogP contribution is -2.39. The van der Waals surface area contributed by atoms with Crippen molar-refractivity contribution >= 4 is 35.6 Å². The van der Waals surface area contributed by atoms with Crippen LogP contribution in [0.4, 0.5) is 5.69 Å². The van der Waals surface area contributed by atoms with Crippen LogP contribution in [0.15, 0.2) is 59.6 Å². The third-order valence-corrected chi connectivity index (χ3v) is 4.76. The number of rotatable bonds is 5. The highest BCUT2D eigenvalue weighted by atomic mass is 127. The second kappa shape index (κ2) is 10.2. The van der Waals surface area contributed by atoms with Crippen LogP contribution in [-0.4, -0.2) is 35.9 Å². The second-order valence-corrected chi connectivity index (χ2v) is 6.61. The molecule has 1 unspecified atom stereocenters. The molecule has 1 aliphatic heterocycles. The standard InChI is InChI=1S/C20H24N4O2.HI/c1-21-20(22-14-17-7-9-19(10-8-17)24(25)26)23-12-11-18(15-23)13-16-5-3-2-4-6-16;/h2-10,18H,11-15H2,1H3,(H,21,22);1H. The van der Waals surface area contributed by atoms with Crippen LogP contribution in [0.25, 0.3) is 0 Å². The number of benzene rings is 2. The van der Waals surface area contributed by atoms with Gasteiger partial charge in [-0.05, 0) is 29.9 Å². The Bertz CT molecular complexity index is 765. The molecule has 0 bridgehead atoms. The van der Waals surface area contributed by atoms with Crippen LogP contribution >= 0.6 is 24.0 Å². The van der Waals surface area contributed by atoms with Crippen LogP contribution in [0.5, 0.6) is 0 Å². The molecule has 1 heterocycles. The van der Waals surface area contributed by atoms with Gasteiger partial charge in [-0.2, -0.15) is 0 Å². The SMILES string of the molecule is CN=C(NCc1ccc([N+](=O)[O-])cc1)N1CCC(Cc2ccccc2)C1.I. The van der Waals surface area contributed by atoms with E-state index in [1.165, 1.54) is 17.7 Å². The number of nitro groups is 1. The summed E-state index contributed by atoms with van der Waals surface area (Å²) in [5, 5.41) is 14.1. The monoisotopic (exact) mass is 480 g/mol. The molecule has 144 valence electrons. The van der Waals surface area contributed by atoms with Crippen molar-refractivity contribution in [3.8, 4) is 0 Å². The molecule has 2 aromatic rings. The number of nitrogens with one attached hydrogen (secondary N) is 1. The molecule has 1 atom stereocenters. The van der Waals surface area contributed by atoms with E-state index in [-0.39, 0.29) is 34.6 Å². The molecule has 27 heavy (non-hydrogen) atoms. The van der Waals surface area contributed by atoms with Gasteiger partial charge in [-0.15, -0.1) is 24.0 Å². The lowest BCUT2D eigenvalue weighted by molar-refractivity contribution is -0.384. The van der Waals surface area contributed by atoms with Gasteiger partial charge in [0.1, 0.15) is 0 Å². The fraction of sp³-hybridized carbons (Fsp3) is 0.350. The minimum absolute atomic E-state index is 0. The average Bonchev–Trinajstić information content (AvgIpc) is 3.12. The van der Waals surface area contributed by atoms with Gasteiger partial charge in [-0.25, -0.2) is 0 Å². The van der Waals surface area contributed by atoms with Gasteiger partial charge in [0.15, 0.2) is 5.96 Å². The predicted molar refractivity (Wildman–Crippen MR) is 119 cm³/mol. The first kappa shape index (κ1) is 21.1. The van der Waals surface area contributed by atoms with E-state index < -0.39 is 0 Å². The highest BCUT2D eigenvalue weighted by Crippen LogP contribution is 2.21. The average molecular weight is 480 g/mol. The van der Waals surface area contributed by atoms with Crippen molar-refractivity contribution in [2.45, 2.75) is 19.4 Å². The van der Waals surface area contributed by atoms with Gasteiger partial charge in [0.2, 0.25) is 0 Å². The summed E-state index contributed by atoms with van der Waals surface area (Å²) in [5.41, 5.74) is 2.49. The molecule has 0 spiro atoms. The first-order valence-electron chi connectivity index (χ1n) is 8.88. The van der Waals surface area contributed by atoms with Crippen molar-refractivity contribution in [1.29, 1.82) is 0 Å². The highest BCUT2D eigenvalue weighted by molar-refractivity contribution is 14.0. The largest absolute Gasteiger partial charge is 0.352 e. The molecular weight excluding hydrogens is 455 g/mol. The van der Waals surface area contributed by atoms with Gasteiger partial charge in [-0.1, -0.05) is 42.5 Å². The molecule has 1 N–H and O–H groups in total. The first-order chi connectivity index (χ1) is 12.7. The Labute approximate surface area is 176 Å². The van der Waals surface area contributed by atoms with E-state index in [1.54, 1.807) is 19.2 Å². The minimum atomic E-state index is -0.382. The Balaban J connectivity index is 0.00000261. The molecule has 0 saturated carbocycles. The Hall–Kier alpha value is -2.16. The van der Waals surface area contributed by atoms with Crippen LogP contribution in [0.3, 0.4) is 0 Å². The maximum atomic E-state index is 10.7. The molecule has 6 nitrogen and oxygen atoms in total. The molecule has 1 aliphatic rings. The number of likely N-dealkylation sites (tertiary alicyclic amines) is 1. The van der Waals surface area contributed by atoms with Crippen LogP contribution in [0, 0.1) is 16.0 Å². The first-order valence-corrected chi connectivity index (χ1v) is 8.88. The number of hydrogen-bond acceptors (Lipinski definition) is 3. The fourth-order valence-electron chi connectivity index (χ4n) is 3.39. The molecule has 0 aromatic heterocycles. The maximum absolute atomic E-state index is 10.7. The summed E-state index contributed by atoms with van der Waals surface area (Å²) >= 11 is 0. The van der Waals surface area contributed by atoms with Crippen molar-refractivity contribution < 1.29 is 4.92 Å². The van der Waals surface area contributed by atoms with Crippen molar-refractivity contribution in [2.24, 2.45) is 10.9 Å². The number of nitro benzene ring substituents is 1. The number of hydrogen-bond donors (Lipinski definition) is 1. The molecule has 2 aromatic carbocycles. The number of non-ortho nitro benzene ring substituents is 1. The zero-order valence-corrected chi connectivity index (χ0v) is 17.7. The Morgan fingerprint density at radius 3 is 2.52 bits per heavy atom. The zero-order valence-electron chi connectivity index (χ0n) is 15.4. The van der Waals surface area contributed by atoms with Crippen LogP contribution in [-0.2, 0) is 13.0 Å². The maximum Gasteiger partial charge on any atom is 0.269 e. The van der Waals surface area contributed by atoms with E-state index >= 15 is 0 Å². The van der Waals surface area contributed by atoms with E-state index in [0.717, 1.165) is 37.5 Å². The normalized spacial score (nSPS) is 16.7. The summed E-state index contributed by atoms with van der Waals surface area (Å²) in [6.07, 6.45) is 2.25. The second-order valence-electron chi connectivity index (χ2n) is 6.61. The van der Waals surface area contributed by atoms with Crippen molar-refractivity contribution in [3.63, 3.8) is 0 Å². The minimum Gasteiger partial charge on any atom is -0.352 e. The van der Waals surface area contributed by atoms with Gasteiger partial charge >= 0.3 is 0 Å². The lowest BCUT2D eigenvalue weighted by atomic mass is 9.99. The summed E-state index contributed by atoms with van der Waals surface area (Å²) in [7, 11) is 1.79. The van der Waals surface area contributed by atoms with Crippen LogP contribution < -0.4 is 5.32 Å². The smallest absolute Gasteiger partial charge is 0.269 e. The third kappa shape index (κ3) is 5.92. The Kier molecular flexibility index (Phi) is 8.02. The quantitative estimate of drug-likeness (QED) is 0.232. The predicted octanol–water partition coefficient (Wildman–Crippen LogP) is 3.85. The van der Waals surface area contributed by atoms with Gasteiger partial charge in [-0.3, -0.25) is 15.1 Å². The number of halogens is 1. The number of guanidine groups is 1. The topological polar surface area (TPSA) is 70.8 Å². The van der Waals surface area contributed by atoms with E-state index in [2.05, 4.69) is 45.5 Å². The van der Waals surface area contributed by atoms with E-state index in [9.17, 15) is 10.1 Å². The molecule has 3 rings (SSSR count). The van der Waals surface area contributed by atoms with E-state index in [1.807, 2.05) is 0 Å².